The number of aliphatic hydroxyl groups excluding tert-OH is 1. The molecule has 1 aromatic rings. The van der Waals surface area contributed by atoms with E-state index in [9.17, 15) is 5.11 Å². The van der Waals surface area contributed by atoms with Crippen LogP contribution >= 0.6 is 0 Å². The molecule has 0 aliphatic heterocycles. The third kappa shape index (κ3) is 2.56. The second-order valence-electron chi connectivity index (χ2n) is 4.34. The lowest BCUT2D eigenvalue weighted by Gasteiger charge is -2.24. The van der Waals surface area contributed by atoms with E-state index in [0.29, 0.717) is 0 Å². The summed E-state index contributed by atoms with van der Waals surface area (Å²) in [6, 6.07) is 0. The van der Waals surface area contributed by atoms with Crippen LogP contribution in [-0.2, 0) is 12.5 Å². The lowest BCUT2D eigenvalue weighted by atomic mass is 9.82. The van der Waals surface area contributed by atoms with Crippen LogP contribution < -0.4 is 0 Å². The van der Waals surface area contributed by atoms with Gasteiger partial charge in [0.2, 0.25) is 0 Å². The molecule has 0 radical (unpaired) electrons. The fourth-order valence-electron chi connectivity index (χ4n) is 1.63. The first-order valence-corrected chi connectivity index (χ1v) is 4.59. The summed E-state index contributed by atoms with van der Waals surface area (Å²) in [5.74, 6) is 0. The Morgan fingerprint density at radius 1 is 1.62 bits per heavy atom. The van der Waals surface area contributed by atoms with E-state index >= 15 is 0 Å². The maximum absolute atomic E-state index is 9.33. The zero-order valence-electron chi connectivity index (χ0n) is 8.78. The van der Waals surface area contributed by atoms with Gasteiger partial charge in [0.1, 0.15) is 0 Å². The summed E-state index contributed by atoms with van der Waals surface area (Å²) in [6.07, 6.45) is 4.36. The molecule has 1 unspecified atom stereocenters. The van der Waals surface area contributed by atoms with Gasteiger partial charge < -0.3 is 5.11 Å². The van der Waals surface area contributed by atoms with Crippen LogP contribution in [0.2, 0.25) is 0 Å². The number of nitrogens with zero attached hydrogens (tertiary/aromatic N) is 2. The molecule has 0 amide bonds. The van der Waals surface area contributed by atoms with E-state index in [0.717, 1.165) is 6.42 Å². The SMILES string of the molecule is CC(O)CC(C)(C)c1cnn(C)c1. The molecule has 0 aliphatic carbocycles. The van der Waals surface area contributed by atoms with Crippen molar-refractivity contribution < 1.29 is 5.11 Å². The minimum Gasteiger partial charge on any atom is -0.393 e. The molecular formula is C10H18N2O. The molecule has 3 nitrogen and oxygen atoms in total. The van der Waals surface area contributed by atoms with Crippen LogP contribution in [0.15, 0.2) is 12.4 Å². The molecule has 0 saturated carbocycles. The molecule has 74 valence electrons. The Morgan fingerprint density at radius 2 is 2.23 bits per heavy atom. The van der Waals surface area contributed by atoms with Gasteiger partial charge in [-0.2, -0.15) is 5.10 Å². The van der Waals surface area contributed by atoms with Crippen LogP contribution in [0, 0.1) is 0 Å². The molecule has 1 rings (SSSR count). The third-order valence-electron chi connectivity index (χ3n) is 2.29. The standard InChI is InChI=1S/C10H18N2O/c1-8(13)5-10(2,3)9-6-11-12(4)7-9/h6-8,13H,5H2,1-4H3. The Kier molecular flexibility index (Phi) is 2.76. The van der Waals surface area contributed by atoms with E-state index in [4.69, 9.17) is 0 Å². The number of aliphatic hydroxyl groups is 1. The average molecular weight is 182 g/mol. The largest absolute Gasteiger partial charge is 0.393 e. The smallest absolute Gasteiger partial charge is 0.0527 e. The molecule has 0 fully saturated rings. The summed E-state index contributed by atoms with van der Waals surface area (Å²) in [5, 5.41) is 13.5. The molecule has 0 spiro atoms. The second-order valence-corrected chi connectivity index (χ2v) is 4.34. The van der Waals surface area contributed by atoms with Crippen LogP contribution in [-0.4, -0.2) is 21.0 Å². The van der Waals surface area contributed by atoms with Gasteiger partial charge in [0.05, 0.1) is 12.3 Å². The van der Waals surface area contributed by atoms with Gasteiger partial charge in [0, 0.05) is 13.2 Å². The summed E-state index contributed by atoms with van der Waals surface area (Å²) >= 11 is 0. The van der Waals surface area contributed by atoms with Crippen molar-refractivity contribution in [3.05, 3.63) is 18.0 Å². The first-order valence-electron chi connectivity index (χ1n) is 4.59. The van der Waals surface area contributed by atoms with Gasteiger partial charge in [-0.3, -0.25) is 4.68 Å². The normalized spacial score (nSPS) is 14.5. The fraction of sp³-hybridized carbons (Fsp3) is 0.700. The number of aryl methyl sites for hydroxylation is 1. The molecule has 0 bridgehead atoms. The van der Waals surface area contributed by atoms with Crippen LogP contribution in [0.25, 0.3) is 0 Å². The predicted molar refractivity (Wildman–Crippen MR) is 52.5 cm³/mol. The monoisotopic (exact) mass is 182 g/mol. The molecule has 0 aliphatic rings. The van der Waals surface area contributed by atoms with Crippen molar-refractivity contribution in [3.8, 4) is 0 Å². The Bertz CT molecular complexity index is 276. The lowest BCUT2D eigenvalue weighted by Crippen LogP contribution is -2.22. The van der Waals surface area contributed by atoms with Crippen LogP contribution in [0.1, 0.15) is 32.8 Å². The van der Waals surface area contributed by atoms with Crippen LogP contribution in [0.5, 0.6) is 0 Å². The Morgan fingerprint density at radius 3 is 2.62 bits per heavy atom. The molecule has 0 aromatic carbocycles. The number of hydrogen-bond acceptors (Lipinski definition) is 2. The summed E-state index contributed by atoms with van der Waals surface area (Å²) < 4.78 is 1.79. The Balaban J connectivity index is 2.80. The number of aromatic nitrogens is 2. The zero-order chi connectivity index (χ0) is 10.1. The molecule has 1 aromatic heterocycles. The Hall–Kier alpha value is -0.830. The van der Waals surface area contributed by atoms with Crippen molar-refractivity contribution in [3.63, 3.8) is 0 Å². The van der Waals surface area contributed by atoms with Crippen molar-refractivity contribution in [1.29, 1.82) is 0 Å². The maximum atomic E-state index is 9.33. The third-order valence-corrected chi connectivity index (χ3v) is 2.29. The molecule has 1 atom stereocenters. The first kappa shape index (κ1) is 10.3. The van der Waals surface area contributed by atoms with E-state index in [1.165, 1.54) is 5.56 Å². The Labute approximate surface area is 79.4 Å². The molecule has 1 heterocycles. The van der Waals surface area contributed by atoms with Crippen molar-refractivity contribution in [2.45, 2.75) is 38.7 Å². The van der Waals surface area contributed by atoms with Gasteiger partial charge in [-0.15, -0.1) is 0 Å². The van der Waals surface area contributed by atoms with Crippen molar-refractivity contribution in [1.82, 2.24) is 9.78 Å². The van der Waals surface area contributed by atoms with E-state index in [1.807, 2.05) is 26.4 Å². The van der Waals surface area contributed by atoms with Gasteiger partial charge in [0.15, 0.2) is 0 Å². The lowest BCUT2D eigenvalue weighted by molar-refractivity contribution is 0.157. The van der Waals surface area contributed by atoms with Gasteiger partial charge in [-0.1, -0.05) is 13.8 Å². The van der Waals surface area contributed by atoms with E-state index in [1.54, 1.807) is 4.68 Å². The van der Waals surface area contributed by atoms with E-state index < -0.39 is 0 Å². The predicted octanol–water partition coefficient (Wildman–Crippen LogP) is 1.47. The van der Waals surface area contributed by atoms with Crippen molar-refractivity contribution >= 4 is 0 Å². The van der Waals surface area contributed by atoms with Crippen molar-refractivity contribution in [2.75, 3.05) is 0 Å². The van der Waals surface area contributed by atoms with Gasteiger partial charge >= 0.3 is 0 Å². The highest BCUT2D eigenvalue weighted by Gasteiger charge is 2.23. The molecular weight excluding hydrogens is 164 g/mol. The molecule has 3 heteroatoms. The van der Waals surface area contributed by atoms with Gasteiger partial charge in [0.25, 0.3) is 0 Å². The van der Waals surface area contributed by atoms with Gasteiger partial charge in [-0.25, -0.2) is 0 Å². The molecule has 0 saturated heterocycles. The molecule has 13 heavy (non-hydrogen) atoms. The second kappa shape index (κ2) is 3.50. The van der Waals surface area contributed by atoms with Crippen molar-refractivity contribution in [2.24, 2.45) is 7.05 Å². The number of rotatable bonds is 3. The van der Waals surface area contributed by atoms with Gasteiger partial charge in [-0.05, 0) is 24.3 Å². The molecule has 1 N–H and O–H groups in total. The van der Waals surface area contributed by atoms with Crippen LogP contribution in [0.3, 0.4) is 0 Å². The van der Waals surface area contributed by atoms with Crippen LogP contribution in [0.4, 0.5) is 0 Å². The first-order chi connectivity index (χ1) is 5.92. The highest BCUT2D eigenvalue weighted by atomic mass is 16.3. The zero-order valence-corrected chi connectivity index (χ0v) is 8.78. The highest BCUT2D eigenvalue weighted by Crippen LogP contribution is 2.27. The highest BCUT2D eigenvalue weighted by molar-refractivity contribution is 5.16. The summed E-state index contributed by atoms with van der Waals surface area (Å²) in [5.41, 5.74) is 1.18. The van der Waals surface area contributed by atoms with E-state index in [-0.39, 0.29) is 11.5 Å². The summed E-state index contributed by atoms with van der Waals surface area (Å²) in [4.78, 5) is 0. The topological polar surface area (TPSA) is 38.1 Å². The fourth-order valence-corrected chi connectivity index (χ4v) is 1.63. The minimum atomic E-state index is -0.268. The average Bonchev–Trinajstić information content (AvgIpc) is 2.32. The minimum absolute atomic E-state index is 0.00241. The number of hydrogen-bond donors (Lipinski definition) is 1. The summed E-state index contributed by atoms with van der Waals surface area (Å²) in [7, 11) is 1.90. The summed E-state index contributed by atoms with van der Waals surface area (Å²) in [6.45, 7) is 6.06. The quantitative estimate of drug-likeness (QED) is 0.768. The van der Waals surface area contributed by atoms with E-state index in [2.05, 4.69) is 18.9 Å². The maximum Gasteiger partial charge on any atom is 0.0527 e.